The molecular weight excluding hydrogens is 230 g/mol. The highest BCUT2D eigenvalue weighted by molar-refractivity contribution is 8.01. The van der Waals surface area contributed by atoms with Crippen molar-refractivity contribution >= 4 is 40.6 Å². The molecule has 0 bridgehead atoms. The van der Waals surface area contributed by atoms with Crippen molar-refractivity contribution in [2.45, 2.75) is 4.34 Å². The summed E-state index contributed by atoms with van der Waals surface area (Å²) in [6.07, 6.45) is 0. The normalized spacial score (nSPS) is 9.54. The van der Waals surface area contributed by atoms with Crippen LogP contribution in [0.2, 0.25) is 5.15 Å². The van der Waals surface area contributed by atoms with Crippen LogP contribution in [0.4, 0.5) is 0 Å². The number of rotatable bonds is 3. The number of thiazole rings is 1. The van der Waals surface area contributed by atoms with Crippen molar-refractivity contribution in [2.24, 2.45) is 5.73 Å². The zero-order chi connectivity index (χ0) is 9.84. The minimum Gasteiger partial charge on any atom is -0.369 e. The van der Waals surface area contributed by atoms with Crippen LogP contribution in [0.25, 0.3) is 0 Å². The number of primary amides is 1. The van der Waals surface area contributed by atoms with Gasteiger partial charge in [-0.15, -0.1) is 0 Å². The van der Waals surface area contributed by atoms with Gasteiger partial charge in [-0.25, -0.2) is 4.98 Å². The number of carbonyl (C=O) groups is 1. The molecule has 0 radical (unpaired) electrons. The number of carbonyl (C=O) groups excluding carboxylic acids is 1. The van der Waals surface area contributed by atoms with Crippen LogP contribution < -0.4 is 5.73 Å². The third-order valence-corrected chi connectivity index (χ3v) is 3.52. The third-order valence-electron chi connectivity index (χ3n) is 1.01. The van der Waals surface area contributed by atoms with Gasteiger partial charge in [0.15, 0.2) is 9.49 Å². The molecule has 0 atom stereocenters. The lowest BCUT2D eigenvalue weighted by Gasteiger charge is -1.89. The molecule has 1 rings (SSSR count). The summed E-state index contributed by atoms with van der Waals surface area (Å²) in [5.41, 5.74) is 4.94. The summed E-state index contributed by atoms with van der Waals surface area (Å²) in [7, 11) is 0. The first-order valence-electron chi connectivity index (χ1n) is 3.11. The van der Waals surface area contributed by atoms with Crippen molar-refractivity contribution < 1.29 is 4.79 Å². The summed E-state index contributed by atoms with van der Waals surface area (Å²) >= 11 is 7.94. The first-order valence-corrected chi connectivity index (χ1v) is 5.29. The smallest absolute Gasteiger partial charge is 0.227 e. The number of nitriles is 1. The molecule has 0 aliphatic carbocycles. The van der Waals surface area contributed by atoms with E-state index in [0.29, 0.717) is 9.22 Å². The number of aromatic nitrogens is 1. The van der Waals surface area contributed by atoms with Gasteiger partial charge in [0, 0.05) is 0 Å². The molecule has 2 N–H and O–H groups in total. The third kappa shape index (κ3) is 2.88. The summed E-state index contributed by atoms with van der Waals surface area (Å²) in [4.78, 5) is 14.6. The van der Waals surface area contributed by atoms with Gasteiger partial charge in [-0.1, -0.05) is 34.7 Å². The first-order chi connectivity index (χ1) is 6.13. The molecule has 1 amide bonds. The molecule has 1 heterocycles. The topological polar surface area (TPSA) is 79.8 Å². The molecule has 0 saturated carbocycles. The fraction of sp³-hybridized carbons (Fsp3) is 0.167. The molecule has 0 aromatic carbocycles. The average Bonchev–Trinajstić information content (AvgIpc) is 2.43. The van der Waals surface area contributed by atoms with Crippen LogP contribution in [0.15, 0.2) is 4.34 Å². The van der Waals surface area contributed by atoms with E-state index in [2.05, 4.69) is 4.98 Å². The van der Waals surface area contributed by atoms with E-state index >= 15 is 0 Å². The van der Waals surface area contributed by atoms with Crippen molar-refractivity contribution in [1.82, 2.24) is 4.98 Å². The fourth-order valence-corrected chi connectivity index (χ4v) is 2.46. The molecule has 1 aromatic heterocycles. The van der Waals surface area contributed by atoms with E-state index in [1.165, 1.54) is 11.8 Å². The standard InChI is InChI=1S/C6H4ClN3OS2/c7-5-3(1-8)13-6(10-5)12-2-4(9)11/h2H2,(H2,9,11). The Kier molecular flexibility index (Phi) is 3.54. The van der Waals surface area contributed by atoms with E-state index in [1.807, 2.05) is 6.07 Å². The van der Waals surface area contributed by atoms with Crippen LogP contribution in [-0.4, -0.2) is 16.6 Å². The summed E-state index contributed by atoms with van der Waals surface area (Å²) < 4.78 is 0.584. The van der Waals surface area contributed by atoms with Gasteiger partial charge in [0.25, 0.3) is 0 Å². The Morgan fingerprint density at radius 3 is 3.00 bits per heavy atom. The van der Waals surface area contributed by atoms with Gasteiger partial charge < -0.3 is 5.73 Å². The molecule has 0 aliphatic rings. The summed E-state index contributed by atoms with van der Waals surface area (Å²) in [6, 6.07) is 1.90. The largest absolute Gasteiger partial charge is 0.369 e. The van der Waals surface area contributed by atoms with E-state index in [-0.39, 0.29) is 10.9 Å². The Labute approximate surface area is 87.7 Å². The highest BCUT2D eigenvalue weighted by atomic mass is 35.5. The number of halogens is 1. The van der Waals surface area contributed by atoms with Crippen molar-refractivity contribution in [3.05, 3.63) is 10.0 Å². The average molecular weight is 234 g/mol. The molecular formula is C6H4ClN3OS2. The Balaban J connectivity index is 2.69. The lowest BCUT2D eigenvalue weighted by Crippen LogP contribution is -2.12. The highest BCUT2D eigenvalue weighted by Crippen LogP contribution is 2.29. The number of amides is 1. The van der Waals surface area contributed by atoms with Gasteiger partial charge in [0.05, 0.1) is 5.75 Å². The number of nitrogens with zero attached hydrogens (tertiary/aromatic N) is 2. The maximum absolute atomic E-state index is 10.4. The van der Waals surface area contributed by atoms with Crippen LogP contribution in [0.3, 0.4) is 0 Å². The second-order valence-electron chi connectivity index (χ2n) is 1.97. The van der Waals surface area contributed by atoms with E-state index < -0.39 is 5.91 Å². The van der Waals surface area contributed by atoms with Crippen LogP contribution in [-0.2, 0) is 4.79 Å². The van der Waals surface area contributed by atoms with E-state index in [9.17, 15) is 4.79 Å². The monoisotopic (exact) mass is 233 g/mol. The molecule has 0 unspecified atom stereocenters. The summed E-state index contributed by atoms with van der Waals surface area (Å²) in [5, 5.41) is 8.72. The quantitative estimate of drug-likeness (QED) is 0.797. The van der Waals surface area contributed by atoms with Gasteiger partial charge in [0.2, 0.25) is 5.91 Å². The number of hydrogen-bond acceptors (Lipinski definition) is 5. The SMILES string of the molecule is N#Cc1sc(SCC(N)=O)nc1Cl. The number of thioether (sulfide) groups is 1. The minimum absolute atomic E-state index is 0.148. The zero-order valence-corrected chi connectivity index (χ0v) is 8.67. The van der Waals surface area contributed by atoms with Crippen LogP contribution in [0, 0.1) is 11.3 Å². The molecule has 4 nitrogen and oxygen atoms in total. The molecule has 13 heavy (non-hydrogen) atoms. The molecule has 7 heteroatoms. The second kappa shape index (κ2) is 4.46. The van der Waals surface area contributed by atoms with Gasteiger partial charge in [0.1, 0.15) is 10.9 Å². The van der Waals surface area contributed by atoms with Gasteiger partial charge in [-0.05, 0) is 0 Å². The predicted molar refractivity (Wildman–Crippen MR) is 51.8 cm³/mol. The Hall–Kier alpha value is -0.770. The van der Waals surface area contributed by atoms with Crippen LogP contribution in [0.1, 0.15) is 4.88 Å². The molecule has 0 spiro atoms. The molecule has 68 valence electrons. The fourth-order valence-electron chi connectivity index (χ4n) is 0.547. The van der Waals surface area contributed by atoms with Crippen molar-refractivity contribution in [3.63, 3.8) is 0 Å². The lowest BCUT2D eigenvalue weighted by molar-refractivity contribution is -0.115. The Morgan fingerprint density at radius 2 is 2.54 bits per heavy atom. The minimum atomic E-state index is -0.421. The predicted octanol–water partition coefficient (Wildman–Crippen LogP) is 1.25. The zero-order valence-electron chi connectivity index (χ0n) is 6.28. The van der Waals surface area contributed by atoms with Crippen molar-refractivity contribution in [3.8, 4) is 6.07 Å². The first kappa shape index (κ1) is 10.3. The van der Waals surface area contributed by atoms with Crippen molar-refractivity contribution in [2.75, 3.05) is 5.75 Å². The molecule has 0 fully saturated rings. The van der Waals surface area contributed by atoms with E-state index in [1.54, 1.807) is 0 Å². The van der Waals surface area contributed by atoms with E-state index in [4.69, 9.17) is 22.6 Å². The maximum Gasteiger partial charge on any atom is 0.227 e. The van der Waals surface area contributed by atoms with Crippen molar-refractivity contribution in [1.29, 1.82) is 5.26 Å². The molecule has 0 saturated heterocycles. The molecule has 1 aromatic rings. The number of nitrogens with two attached hydrogens (primary N) is 1. The molecule has 0 aliphatic heterocycles. The van der Waals surface area contributed by atoms with E-state index in [0.717, 1.165) is 11.3 Å². The number of hydrogen-bond donors (Lipinski definition) is 1. The maximum atomic E-state index is 10.4. The highest BCUT2D eigenvalue weighted by Gasteiger charge is 2.09. The second-order valence-corrected chi connectivity index (χ2v) is 4.55. The van der Waals surface area contributed by atoms with Gasteiger partial charge >= 0.3 is 0 Å². The summed E-state index contributed by atoms with van der Waals surface area (Å²) in [5.74, 6) is -0.274. The Morgan fingerprint density at radius 1 is 1.85 bits per heavy atom. The van der Waals surface area contributed by atoms with Gasteiger partial charge in [-0.3, -0.25) is 4.79 Å². The Bertz CT molecular complexity index is 370. The van der Waals surface area contributed by atoms with Gasteiger partial charge in [-0.2, -0.15) is 5.26 Å². The van der Waals surface area contributed by atoms with Crippen LogP contribution in [0.5, 0.6) is 0 Å². The lowest BCUT2D eigenvalue weighted by atomic mass is 10.6. The van der Waals surface area contributed by atoms with Crippen LogP contribution >= 0.6 is 34.7 Å². The summed E-state index contributed by atoms with van der Waals surface area (Å²) in [6.45, 7) is 0.